The first-order valence-corrected chi connectivity index (χ1v) is 11.7. The van der Waals surface area contributed by atoms with Gasteiger partial charge in [-0.05, 0) is 54.4 Å². The molecule has 2 fully saturated rings. The van der Waals surface area contributed by atoms with Crippen LogP contribution >= 0.6 is 0 Å². The number of benzene rings is 3. The molecule has 3 aromatic carbocycles. The Morgan fingerprint density at radius 2 is 1.50 bits per heavy atom. The topological polar surface area (TPSA) is 99.2 Å². The zero-order valence-electron chi connectivity index (χ0n) is 19.4. The molecule has 1 N–H and O–H groups in total. The summed E-state index contributed by atoms with van der Waals surface area (Å²) in [5.41, 5.74) is 3.17. The quantitative estimate of drug-likeness (QED) is 0.458. The van der Waals surface area contributed by atoms with Gasteiger partial charge in [0.05, 0.1) is 29.8 Å². The fourth-order valence-corrected chi connectivity index (χ4v) is 5.51. The van der Waals surface area contributed by atoms with Gasteiger partial charge in [-0.15, -0.1) is 0 Å². The first kappa shape index (κ1) is 21.9. The minimum atomic E-state index is -0.970. The van der Waals surface area contributed by atoms with Crippen molar-refractivity contribution in [1.29, 1.82) is 0 Å². The summed E-state index contributed by atoms with van der Waals surface area (Å²) in [5.74, 6) is -3.03. The second kappa shape index (κ2) is 8.27. The molecule has 3 aliphatic rings. The number of ketones is 1. The monoisotopic (exact) mass is 478 g/mol. The Kier molecular flexibility index (Phi) is 5.03. The highest BCUT2D eigenvalue weighted by Gasteiger charge is 2.65. The van der Waals surface area contributed by atoms with Gasteiger partial charge >= 0.3 is 0 Å². The summed E-state index contributed by atoms with van der Waals surface area (Å²) in [6, 6.07) is 21.4. The molecule has 8 heteroatoms. The molecule has 0 aromatic heterocycles. The van der Waals surface area contributed by atoms with Gasteiger partial charge in [0.25, 0.3) is 0 Å². The van der Waals surface area contributed by atoms with E-state index in [0.717, 1.165) is 16.0 Å². The molecular formula is C28H22N4O4. The number of nitrogens with zero attached hydrogens (tertiary/aromatic N) is 3. The maximum absolute atomic E-state index is 13.8. The zero-order valence-corrected chi connectivity index (χ0v) is 19.4. The van der Waals surface area contributed by atoms with Crippen LogP contribution in [0.15, 0.2) is 84.0 Å². The molecule has 3 aromatic rings. The normalized spacial score (nSPS) is 23.8. The first-order chi connectivity index (χ1) is 17.5. The predicted molar refractivity (Wildman–Crippen MR) is 133 cm³/mol. The summed E-state index contributed by atoms with van der Waals surface area (Å²) >= 11 is 0. The second-order valence-corrected chi connectivity index (χ2v) is 9.16. The van der Waals surface area contributed by atoms with E-state index in [1.807, 2.05) is 42.5 Å². The zero-order chi connectivity index (χ0) is 25.0. The van der Waals surface area contributed by atoms with E-state index in [1.165, 1.54) is 6.92 Å². The third-order valence-corrected chi connectivity index (χ3v) is 7.14. The maximum Gasteiger partial charge on any atom is 0.249 e. The van der Waals surface area contributed by atoms with E-state index in [-0.39, 0.29) is 11.7 Å². The number of hydrazone groups is 1. The van der Waals surface area contributed by atoms with Crippen molar-refractivity contribution in [3.8, 4) is 0 Å². The van der Waals surface area contributed by atoms with E-state index < -0.39 is 35.7 Å². The summed E-state index contributed by atoms with van der Waals surface area (Å²) in [4.78, 5) is 54.1. The van der Waals surface area contributed by atoms with Crippen LogP contribution in [0.3, 0.4) is 0 Å². The lowest BCUT2D eigenvalue weighted by atomic mass is 9.85. The van der Waals surface area contributed by atoms with Crippen LogP contribution in [0, 0.1) is 11.8 Å². The van der Waals surface area contributed by atoms with E-state index in [9.17, 15) is 19.2 Å². The SMILES string of the molecule is CC(=O)c1ccc(N2C(=O)[C@@H]3[C@H](C2=O)[C@H](C(=O)Nc2ccccc2)N2N=Cc4ccccc4[C@@H]32)cc1. The van der Waals surface area contributed by atoms with E-state index >= 15 is 0 Å². The van der Waals surface area contributed by atoms with Gasteiger partial charge in [-0.2, -0.15) is 5.10 Å². The van der Waals surface area contributed by atoms with Crippen LogP contribution in [0.2, 0.25) is 0 Å². The van der Waals surface area contributed by atoms with Crippen LogP contribution in [0.1, 0.15) is 34.5 Å². The number of nitrogens with one attached hydrogen (secondary N) is 1. The van der Waals surface area contributed by atoms with Crippen molar-refractivity contribution in [2.24, 2.45) is 16.9 Å². The number of hydrogen-bond acceptors (Lipinski definition) is 6. The Balaban J connectivity index is 1.43. The van der Waals surface area contributed by atoms with Crippen LogP contribution in [-0.2, 0) is 14.4 Å². The second-order valence-electron chi connectivity index (χ2n) is 9.16. The van der Waals surface area contributed by atoms with Crippen molar-refractivity contribution in [3.63, 3.8) is 0 Å². The van der Waals surface area contributed by atoms with Crippen molar-refractivity contribution in [1.82, 2.24) is 5.01 Å². The van der Waals surface area contributed by atoms with E-state index in [2.05, 4.69) is 10.4 Å². The van der Waals surface area contributed by atoms with Crippen molar-refractivity contribution in [3.05, 3.63) is 95.6 Å². The molecule has 0 spiro atoms. The highest BCUT2D eigenvalue weighted by Crippen LogP contribution is 2.52. The van der Waals surface area contributed by atoms with Crippen LogP contribution in [0.5, 0.6) is 0 Å². The first-order valence-electron chi connectivity index (χ1n) is 11.7. The van der Waals surface area contributed by atoms with Gasteiger partial charge in [0.15, 0.2) is 5.78 Å². The molecule has 36 heavy (non-hydrogen) atoms. The minimum Gasteiger partial charge on any atom is -0.324 e. The van der Waals surface area contributed by atoms with Gasteiger partial charge in [0.2, 0.25) is 17.7 Å². The summed E-state index contributed by atoms with van der Waals surface area (Å²) in [6.45, 7) is 1.46. The minimum absolute atomic E-state index is 0.109. The molecule has 0 bridgehead atoms. The number of carbonyl (C=O) groups excluding carboxylic acids is 4. The van der Waals surface area contributed by atoms with Gasteiger partial charge in [0.1, 0.15) is 6.04 Å². The maximum atomic E-state index is 13.8. The fourth-order valence-electron chi connectivity index (χ4n) is 5.51. The molecule has 2 saturated heterocycles. The van der Waals surface area contributed by atoms with E-state index in [1.54, 1.807) is 47.6 Å². The highest BCUT2D eigenvalue weighted by atomic mass is 16.2. The summed E-state index contributed by atoms with van der Waals surface area (Å²) in [7, 11) is 0. The average molecular weight is 479 g/mol. The standard InChI is InChI=1S/C28H22N4O4/c1-16(33)17-11-13-20(14-12-17)31-27(35)22-23(28(31)36)25(26(34)30-19-8-3-2-4-9-19)32-24(22)21-10-6-5-7-18(21)15-29-32/h2-15,22-25H,1H3,(H,30,34)/t22-,23+,24+,25-/m1/s1. The van der Waals surface area contributed by atoms with Crippen LogP contribution in [-0.4, -0.2) is 40.8 Å². The van der Waals surface area contributed by atoms with Crippen LogP contribution in [0.4, 0.5) is 11.4 Å². The number of para-hydroxylation sites is 1. The molecule has 0 aliphatic carbocycles. The number of anilines is 2. The van der Waals surface area contributed by atoms with Gasteiger partial charge in [0, 0.05) is 11.3 Å². The number of amides is 3. The molecule has 3 heterocycles. The third kappa shape index (κ3) is 3.25. The molecule has 0 unspecified atom stereocenters. The molecule has 6 rings (SSSR count). The van der Waals surface area contributed by atoms with Gasteiger partial charge in [-0.3, -0.25) is 24.2 Å². The Morgan fingerprint density at radius 3 is 2.22 bits per heavy atom. The smallest absolute Gasteiger partial charge is 0.249 e. The van der Waals surface area contributed by atoms with Crippen molar-refractivity contribution in [2.75, 3.05) is 10.2 Å². The molecule has 3 aliphatic heterocycles. The van der Waals surface area contributed by atoms with E-state index in [4.69, 9.17) is 0 Å². The van der Waals surface area contributed by atoms with Crippen molar-refractivity contribution < 1.29 is 19.2 Å². The average Bonchev–Trinajstić information content (AvgIpc) is 3.37. The van der Waals surface area contributed by atoms with Gasteiger partial charge < -0.3 is 5.32 Å². The van der Waals surface area contributed by atoms with Crippen molar-refractivity contribution in [2.45, 2.75) is 19.0 Å². The van der Waals surface area contributed by atoms with E-state index in [0.29, 0.717) is 16.9 Å². The number of imide groups is 1. The molecule has 3 amide bonds. The Bertz CT molecular complexity index is 1430. The third-order valence-electron chi connectivity index (χ3n) is 7.14. The Hall–Kier alpha value is -4.59. The number of hydrogen-bond donors (Lipinski definition) is 1. The summed E-state index contributed by atoms with van der Waals surface area (Å²) < 4.78 is 0. The van der Waals surface area contributed by atoms with Gasteiger partial charge in [-0.25, -0.2) is 4.90 Å². The number of rotatable bonds is 4. The highest BCUT2D eigenvalue weighted by molar-refractivity contribution is 6.24. The Labute approximate surface area is 207 Å². The molecule has 8 nitrogen and oxygen atoms in total. The largest absolute Gasteiger partial charge is 0.324 e. The number of Topliss-reactive ketones (excluding diaryl/α,β-unsaturated/α-hetero) is 1. The lowest BCUT2D eigenvalue weighted by Crippen LogP contribution is -2.46. The predicted octanol–water partition coefficient (Wildman–Crippen LogP) is 3.41. The lowest BCUT2D eigenvalue weighted by molar-refractivity contribution is -0.129. The van der Waals surface area contributed by atoms with Gasteiger partial charge in [-0.1, -0.05) is 42.5 Å². The Morgan fingerprint density at radius 1 is 0.833 bits per heavy atom. The van der Waals surface area contributed by atoms with Crippen LogP contribution < -0.4 is 10.2 Å². The molecule has 4 atom stereocenters. The molecule has 0 saturated carbocycles. The summed E-state index contributed by atoms with van der Waals surface area (Å²) in [5, 5.41) is 9.05. The fraction of sp³-hybridized carbons (Fsp3) is 0.179. The molecule has 0 radical (unpaired) electrons. The lowest BCUT2D eigenvalue weighted by Gasteiger charge is -2.33. The number of fused-ring (bicyclic) bond motifs is 5. The van der Waals surface area contributed by atoms with Crippen LogP contribution in [0.25, 0.3) is 0 Å². The van der Waals surface area contributed by atoms with Crippen molar-refractivity contribution >= 4 is 41.1 Å². The summed E-state index contributed by atoms with van der Waals surface area (Å²) in [6.07, 6.45) is 1.67. The molecular weight excluding hydrogens is 456 g/mol. The number of carbonyl (C=O) groups is 4. The molecule has 178 valence electrons.